The lowest BCUT2D eigenvalue weighted by molar-refractivity contribution is 0.154. The van der Waals surface area contributed by atoms with Gasteiger partial charge < -0.3 is 19.7 Å². The maximum absolute atomic E-state index is 11.4. The van der Waals surface area contributed by atoms with E-state index in [0.29, 0.717) is 12.3 Å². The predicted molar refractivity (Wildman–Crippen MR) is 80.6 cm³/mol. The molecule has 0 atom stereocenters. The lowest BCUT2D eigenvalue weighted by Crippen LogP contribution is -2.34. The van der Waals surface area contributed by atoms with Crippen LogP contribution in [0.2, 0.25) is 0 Å². The Hall–Kier alpha value is -2.14. The minimum Gasteiger partial charge on any atom is -0.445 e. The van der Waals surface area contributed by atoms with E-state index in [1.54, 1.807) is 39.3 Å². The summed E-state index contributed by atoms with van der Waals surface area (Å²) in [6, 6.07) is 0. The lowest BCUT2D eigenvalue weighted by atomic mass is 10.3. The second-order valence-corrected chi connectivity index (χ2v) is 4.57. The molecule has 0 saturated carbocycles. The molecule has 0 unspecified atom stereocenters. The van der Waals surface area contributed by atoms with Gasteiger partial charge in [-0.1, -0.05) is 18.7 Å². The van der Waals surface area contributed by atoms with Gasteiger partial charge in [-0.05, 0) is 25.5 Å². The Bertz CT molecular complexity index is 469. The van der Waals surface area contributed by atoms with Gasteiger partial charge in [0.15, 0.2) is 0 Å². The van der Waals surface area contributed by atoms with Crippen molar-refractivity contribution in [3.63, 3.8) is 0 Å². The van der Waals surface area contributed by atoms with Gasteiger partial charge in [0.05, 0.1) is 0 Å². The Morgan fingerprint density at radius 1 is 1.38 bits per heavy atom. The molecule has 1 N–H and O–H groups in total. The Labute approximate surface area is 129 Å². The van der Waals surface area contributed by atoms with Crippen LogP contribution in [0.4, 0.5) is 9.59 Å². The molecular weight excluding hydrogens is 294 g/mol. The highest BCUT2D eigenvalue weighted by Gasteiger charge is 2.05. The van der Waals surface area contributed by atoms with Crippen LogP contribution in [0.5, 0.6) is 0 Å². The summed E-state index contributed by atoms with van der Waals surface area (Å²) in [7, 11) is 1.58. The molecule has 0 spiro atoms. The number of allylic oxidation sites excluding steroid dienone is 3. The number of carbonyl (C=O) groups is 2. The molecule has 0 fully saturated rings. The summed E-state index contributed by atoms with van der Waals surface area (Å²) in [5, 5.41) is 10.4. The number of likely N-dealkylation sites (N-methyl/N-ethyl adjacent to an activating group) is 1. The van der Waals surface area contributed by atoms with Crippen LogP contribution in [0.15, 0.2) is 23.5 Å². The first-order valence-corrected chi connectivity index (χ1v) is 6.56. The number of hydrogen-bond donors (Lipinski definition) is 2. The monoisotopic (exact) mass is 313 g/mol. The average Bonchev–Trinajstić information content (AvgIpc) is 2.43. The summed E-state index contributed by atoms with van der Waals surface area (Å²) in [6.07, 6.45) is 4.27. The number of hydrogen-bond acceptors (Lipinski definition) is 5. The number of ether oxygens (including phenoxy) is 2. The third-order valence-electron chi connectivity index (χ3n) is 2.28. The van der Waals surface area contributed by atoms with Crippen molar-refractivity contribution in [2.45, 2.75) is 13.8 Å². The van der Waals surface area contributed by atoms with E-state index in [4.69, 9.17) is 10.00 Å². The summed E-state index contributed by atoms with van der Waals surface area (Å²) >= 11 is 3.64. The first-order chi connectivity index (χ1) is 9.86. The second-order valence-electron chi connectivity index (χ2n) is 4.19. The van der Waals surface area contributed by atoms with Crippen LogP contribution in [0.3, 0.4) is 0 Å². The number of nitrogens with one attached hydrogen (secondary N) is 1. The van der Waals surface area contributed by atoms with Crippen molar-refractivity contribution in [2.75, 3.05) is 26.7 Å². The summed E-state index contributed by atoms with van der Waals surface area (Å²) < 4.78 is 9.54. The smallest absolute Gasteiger partial charge is 0.407 e. The van der Waals surface area contributed by atoms with E-state index in [0.717, 1.165) is 5.57 Å². The highest BCUT2D eigenvalue weighted by Crippen LogP contribution is 1.99. The van der Waals surface area contributed by atoms with Crippen molar-refractivity contribution >= 4 is 24.0 Å². The van der Waals surface area contributed by atoms with Gasteiger partial charge in [-0.25, -0.2) is 4.79 Å². The molecule has 0 saturated heterocycles. The zero-order valence-corrected chi connectivity index (χ0v) is 13.1. The number of nitriles is 1. The van der Waals surface area contributed by atoms with Gasteiger partial charge in [0.25, 0.3) is 11.5 Å². The van der Waals surface area contributed by atoms with Crippen LogP contribution < -0.4 is 5.32 Å². The van der Waals surface area contributed by atoms with E-state index in [2.05, 4.69) is 22.7 Å². The van der Waals surface area contributed by atoms with Gasteiger partial charge in [0.1, 0.15) is 12.4 Å². The van der Waals surface area contributed by atoms with E-state index in [-0.39, 0.29) is 18.4 Å². The summed E-state index contributed by atoms with van der Waals surface area (Å²) in [5.74, 6) is 0.445. The third kappa shape index (κ3) is 10.3. The SMILES string of the molecule is C/C(=C\C=C(/C)OC#N)COC(=O)NCCN(C)C(=O)S. The van der Waals surface area contributed by atoms with Gasteiger partial charge in [0.2, 0.25) is 0 Å². The van der Waals surface area contributed by atoms with Crippen LogP contribution >= 0.6 is 12.6 Å². The highest BCUT2D eigenvalue weighted by molar-refractivity contribution is 7.96. The molecule has 0 aliphatic heterocycles. The number of carbonyl (C=O) groups excluding carboxylic acids is 2. The number of amides is 2. The Balaban J connectivity index is 3.98. The van der Waals surface area contributed by atoms with Crippen molar-refractivity contribution in [2.24, 2.45) is 0 Å². The van der Waals surface area contributed by atoms with E-state index >= 15 is 0 Å². The van der Waals surface area contributed by atoms with Gasteiger partial charge in [-0.2, -0.15) is 0 Å². The topological polar surface area (TPSA) is 91.7 Å². The summed E-state index contributed by atoms with van der Waals surface area (Å²) in [5.41, 5.74) is 0.786. The molecule has 0 aromatic carbocycles. The fraction of sp³-hybridized carbons (Fsp3) is 0.462. The van der Waals surface area contributed by atoms with Crippen molar-refractivity contribution < 1.29 is 19.1 Å². The zero-order valence-electron chi connectivity index (χ0n) is 12.3. The molecule has 2 amide bonds. The van der Waals surface area contributed by atoms with E-state index in [1.807, 2.05) is 0 Å². The second kappa shape index (κ2) is 10.6. The first-order valence-electron chi connectivity index (χ1n) is 6.11. The molecule has 0 aromatic rings. The fourth-order valence-corrected chi connectivity index (χ4v) is 1.17. The standard InChI is InChI=1S/C13H19N3O4S/c1-10(4-5-11(2)20-9-14)8-19-12(17)15-6-7-16(3)13(18)21/h4-5H,6-8H2,1-3H3,(H,15,17)(H,18,21)/b10-4+,11-5+. The molecule has 8 heteroatoms. The minimum atomic E-state index is -0.572. The van der Waals surface area contributed by atoms with E-state index in [1.165, 1.54) is 4.90 Å². The Kier molecular flexibility index (Phi) is 9.54. The molecular formula is C13H19N3O4S. The minimum absolute atomic E-state index is 0.115. The molecule has 0 rings (SSSR count). The maximum Gasteiger partial charge on any atom is 0.407 e. The Morgan fingerprint density at radius 3 is 2.62 bits per heavy atom. The summed E-state index contributed by atoms with van der Waals surface area (Å²) in [4.78, 5) is 23.5. The predicted octanol–water partition coefficient (Wildman–Crippen LogP) is 2.04. The quantitative estimate of drug-likeness (QED) is 0.325. The van der Waals surface area contributed by atoms with Crippen LogP contribution in [-0.2, 0) is 9.47 Å². The molecule has 0 aliphatic carbocycles. The van der Waals surface area contributed by atoms with Gasteiger partial charge >= 0.3 is 6.09 Å². The molecule has 116 valence electrons. The van der Waals surface area contributed by atoms with Crippen molar-refractivity contribution in [1.29, 1.82) is 5.26 Å². The van der Waals surface area contributed by atoms with Gasteiger partial charge in [-0.15, -0.1) is 5.26 Å². The number of thiol groups is 1. The van der Waals surface area contributed by atoms with Crippen molar-refractivity contribution in [3.8, 4) is 6.26 Å². The van der Waals surface area contributed by atoms with Crippen molar-refractivity contribution in [3.05, 3.63) is 23.5 Å². The first kappa shape index (κ1) is 18.9. The van der Waals surface area contributed by atoms with Crippen LogP contribution in [0, 0.1) is 11.5 Å². The molecule has 0 heterocycles. The van der Waals surface area contributed by atoms with Crippen molar-refractivity contribution in [1.82, 2.24) is 10.2 Å². The average molecular weight is 313 g/mol. The molecule has 7 nitrogen and oxygen atoms in total. The number of nitrogens with zero attached hydrogens (tertiary/aromatic N) is 2. The summed E-state index contributed by atoms with van der Waals surface area (Å²) in [6.45, 7) is 4.15. The molecule has 0 bridgehead atoms. The van der Waals surface area contributed by atoms with E-state index < -0.39 is 6.09 Å². The molecule has 0 aromatic heterocycles. The largest absolute Gasteiger partial charge is 0.445 e. The normalized spacial score (nSPS) is 11.4. The van der Waals surface area contributed by atoms with Gasteiger partial charge in [-0.3, -0.25) is 4.79 Å². The third-order valence-corrected chi connectivity index (χ3v) is 2.62. The maximum atomic E-state index is 11.4. The van der Waals surface area contributed by atoms with Crippen LogP contribution in [0.25, 0.3) is 0 Å². The van der Waals surface area contributed by atoms with Gasteiger partial charge in [0, 0.05) is 20.1 Å². The van der Waals surface area contributed by atoms with Crippen LogP contribution in [-0.4, -0.2) is 43.0 Å². The number of rotatable bonds is 7. The lowest BCUT2D eigenvalue weighted by Gasteiger charge is -2.14. The fourth-order valence-electron chi connectivity index (χ4n) is 1.07. The zero-order chi connectivity index (χ0) is 16.3. The number of alkyl carbamates (subject to hydrolysis) is 1. The molecule has 0 aliphatic rings. The molecule has 21 heavy (non-hydrogen) atoms. The molecule has 0 radical (unpaired) electrons. The van der Waals surface area contributed by atoms with E-state index in [9.17, 15) is 9.59 Å². The highest BCUT2D eigenvalue weighted by atomic mass is 32.1. The van der Waals surface area contributed by atoms with Crippen LogP contribution in [0.1, 0.15) is 13.8 Å². The Morgan fingerprint density at radius 2 is 2.05 bits per heavy atom.